The van der Waals surface area contributed by atoms with Crippen molar-refractivity contribution in [1.82, 2.24) is 0 Å². The smallest absolute Gasteiger partial charge is 0.265 e. The molecule has 0 fully saturated rings. The summed E-state index contributed by atoms with van der Waals surface area (Å²) in [6, 6.07) is 17.6. The molecule has 0 unspecified atom stereocenters. The van der Waals surface area contributed by atoms with Crippen LogP contribution in [0, 0.1) is 5.82 Å². The maximum atomic E-state index is 12.9. The minimum absolute atomic E-state index is 0.137. The van der Waals surface area contributed by atoms with Gasteiger partial charge in [-0.15, -0.1) is 11.3 Å². The highest BCUT2D eigenvalue weighted by Gasteiger charge is 2.10. The molecule has 22 heavy (non-hydrogen) atoms. The predicted molar refractivity (Wildman–Crippen MR) is 92.3 cm³/mol. The number of thiophene rings is 1. The fraction of sp³-hybridized carbons (Fsp3) is 0. The normalized spacial score (nSPS) is 10.4. The van der Waals surface area contributed by atoms with Crippen LogP contribution in [0.1, 0.15) is 9.67 Å². The molecule has 0 aliphatic carbocycles. The molecule has 0 aliphatic heterocycles. The Morgan fingerprint density at radius 3 is 2.32 bits per heavy atom. The lowest BCUT2D eigenvalue weighted by Crippen LogP contribution is -2.11. The minimum Gasteiger partial charge on any atom is -0.321 e. The number of anilines is 1. The van der Waals surface area contributed by atoms with Crippen LogP contribution in [-0.4, -0.2) is 13.8 Å². The van der Waals surface area contributed by atoms with Gasteiger partial charge in [-0.25, -0.2) is 4.39 Å². The van der Waals surface area contributed by atoms with Crippen LogP contribution in [0.2, 0.25) is 0 Å². The third-order valence-electron chi connectivity index (χ3n) is 3.27. The van der Waals surface area contributed by atoms with Crippen LogP contribution >= 0.6 is 11.3 Å². The van der Waals surface area contributed by atoms with Crippen LogP contribution in [0.5, 0.6) is 0 Å². The van der Waals surface area contributed by atoms with Crippen molar-refractivity contribution in [1.29, 1.82) is 0 Å². The second-order valence-corrected chi connectivity index (χ2v) is 6.07. The van der Waals surface area contributed by atoms with Gasteiger partial charge in [0.1, 0.15) is 13.7 Å². The quantitative estimate of drug-likeness (QED) is 0.740. The maximum absolute atomic E-state index is 12.9. The van der Waals surface area contributed by atoms with Crippen molar-refractivity contribution in [2.24, 2.45) is 0 Å². The Balaban J connectivity index is 1.76. The molecule has 0 saturated carbocycles. The number of hydrogen-bond acceptors (Lipinski definition) is 2. The highest BCUT2D eigenvalue weighted by atomic mass is 32.1. The summed E-state index contributed by atoms with van der Waals surface area (Å²) in [6.07, 6.45) is 0. The molecule has 1 aromatic heterocycles. The van der Waals surface area contributed by atoms with Gasteiger partial charge in [0.05, 0.1) is 4.88 Å². The molecule has 0 radical (unpaired) electrons. The Bertz CT molecular complexity index is 796. The average Bonchev–Trinajstić information content (AvgIpc) is 3.00. The lowest BCUT2D eigenvalue weighted by Gasteiger charge is -2.03. The number of carbonyl (C=O) groups is 1. The summed E-state index contributed by atoms with van der Waals surface area (Å²) in [5, 5.41) is 2.87. The number of rotatable bonds is 3. The van der Waals surface area contributed by atoms with E-state index in [4.69, 9.17) is 0 Å². The van der Waals surface area contributed by atoms with Crippen LogP contribution in [0.25, 0.3) is 10.4 Å². The van der Waals surface area contributed by atoms with E-state index in [1.54, 1.807) is 18.2 Å². The lowest BCUT2D eigenvalue weighted by molar-refractivity contribution is 0.103. The lowest BCUT2D eigenvalue weighted by atomic mass is 9.96. The van der Waals surface area contributed by atoms with Gasteiger partial charge in [0.2, 0.25) is 0 Å². The molecule has 1 amide bonds. The summed E-state index contributed by atoms with van der Waals surface area (Å²) in [4.78, 5) is 13.8. The Morgan fingerprint density at radius 1 is 0.955 bits per heavy atom. The van der Waals surface area contributed by atoms with Crippen molar-refractivity contribution in [2.45, 2.75) is 0 Å². The van der Waals surface area contributed by atoms with Crippen LogP contribution < -0.4 is 10.8 Å². The van der Waals surface area contributed by atoms with Gasteiger partial charge in [-0.3, -0.25) is 4.79 Å². The molecule has 2 aromatic carbocycles. The van der Waals surface area contributed by atoms with Crippen LogP contribution in [-0.2, 0) is 0 Å². The van der Waals surface area contributed by atoms with E-state index in [2.05, 4.69) is 5.32 Å². The van der Waals surface area contributed by atoms with Crippen molar-refractivity contribution >= 4 is 36.2 Å². The van der Waals surface area contributed by atoms with Gasteiger partial charge in [-0.1, -0.05) is 29.7 Å². The molecule has 0 aliphatic rings. The summed E-state index contributed by atoms with van der Waals surface area (Å²) in [5.74, 6) is -0.403. The highest BCUT2D eigenvalue weighted by Crippen LogP contribution is 2.28. The standard InChI is InChI=1S/C17H13BFNOS/c18-12-3-7-14(8-4-12)20-17(21)16-10-9-15(22-16)11-1-5-13(19)6-2-11/h1-10H,18H2,(H,20,21). The second kappa shape index (κ2) is 6.16. The molecule has 0 spiro atoms. The molecular formula is C17H13BFNOS. The number of amides is 1. The number of hydrogen-bond donors (Lipinski definition) is 1. The summed E-state index contributed by atoms with van der Waals surface area (Å²) in [7, 11) is 2.00. The van der Waals surface area contributed by atoms with E-state index in [0.29, 0.717) is 4.88 Å². The Kier molecular flexibility index (Phi) is 4.07. The summed E-state index contributed by atoms with van der Waals surface area (Å²) in [5.41, 5.74) is 2.82. The molecular weight excluding hydrogens is 296 g/mol. The minimum atomic E-state index is -0.266. The summed E-state index contributed by atoms with van der Waals surface area (Å²) >= 11 is 1.39. The highest BCUT2D eigenvalue weighted by molar-refractivity contribution is 7.17. The molecule has 5 heteroatoms. The largest absolute Gasteiger partial charge is 0.321 e. The van der Waals surface area contributed by atoms with Gasteiger partial charge < -0.3 is 5.32 Å². The van der Waals surface area contributed by atoms with E-state index >= 15 is 0 Å². The van der Waals surface area contributed by atoms with Gasteiger partial charge in [-0.2, -0.15) is 0 Å². The van der Waals surface area contributed by atoms with E-state index in [-0.39, 0.29) is 11.7 Å². The Hall–Kier alpha value is -2.40. The zero-order chi connectivity index (χ0) is 15.5. The fourth-order valence-electron chi connectivity index (χ4n) is 2.06. The maximum Gasteiger partial charge on any atom is 0.265 e. The van der Waals surface area contributed by atoms with Gasteiger partial charge in [-0.05, 0) is 42.0 Å². The van der Waals surface area contributed by atoms with Gasteiger partial charge in [0, 0.05) is 10.6 Å². The first kappa shape index (κ1) is 14.5. The van der Waals surface area contributed by atoms with Crippen molar-refractivity contribution in [3.63, 3.8) is 0 Å². The molecule has 1 heterocycles. The fourth-order valence-corrected chi connectivity index (χ4v) is 2.97. The first-order chi connectivity index (χ1) is 10.6. The molecule has 2 nitrogen and oxygen atoms in total. The Morgan fingerprint density at radius 2 is 1.64 bits per heavy atom. The Labute approximate surface area is 133 Å². The first-order valence-corrected chi connectivity index (χ1v) is 7.67. The number of benzene rings is 2. The molecule has 0 bridgehead atoms. The SMILES string of the molecule is Bc1ccc(NC(=O)c2ccc(-c3ccc(F)cc3)s2)cc1. The first-order valence-electron chi connectivity index (χ1n) is 6.85. The molecule has 108 valence electrons. The van der Waals surface area contributed by atoms with E-state index in [1.807, 2.05) is 38.2 Å². The number of carbonyl (C=O) groups excluding carboxylic acids is 1. The zero-order valence-corrected chi connectivity index (χ0v) is 12.8. The summed E-state index contributed by atoms with van der Waals surface area (Å²) in [6.45, 7) is 0. The average molecular weight is 309 g/mol. The topological polar surface area (TPSA) is 29.1 Å². The number of nitrogens with one attached hydrogen (secondary N) is 1. The molecule has 1 N–H and O–H groups in total. The molecule has 0 saturated heterocycles. The predicted octanol–water partition coefficient (Wildman–Crippen LogP) is 3.06. The van der Waals surface area contributed by atoms with E-state index < -0.39 is 0 Å². The van der Waals surface area contributed by atoms with E-state index in [0.717, 1.165) is 21.6 Å². The van der Waals surface area contributed by atoms with Crippen molar-refractivity contribution in [3.8, 4) is 10.4 Å². The van der Waals surface area contributed by atoms with Crippen LogP contribution in [0.4, 0.5) is 10.1 Å². The van der Waals surface area contributed by atoms with Crippen LogP contribution in [0.3, 0.4) is 0 Å². The van der Waals surface area contributed by atoms with Gasteiger partial charge >= 0.3 is 0 Å². The molecule has 3 rings (SSSR count). The summed E-state index contributed by atoms with van der Waals surface area (Å²) < 4.78 is 12.9. The van der Waals surface area contributed by atoms with Crippen molar-refractivity contribution < 1.29 is 9.18 Å². The van der Waals surface area contributed by atoms with Crippen molar-refractivity contribution in [3.05, 3.63) is 71.4 Å². The van der Waals surface area contributed by atoms with Crippen molar-refractivity contribution in [2.75, 3.05) is 5.32 Å². The molecule has 3 aromatic rings. The second-order valence-electron chi connectivity index (χ2n) is 4.99. The van der Waals surface area contributed by atoms with E-state index in [1.165, 1.54) is 23.5 Å². The van der Waals surface area contributed by atoms with Gasteiger partial charge in [0.15, 0.2) is 0 Å². The third kappa shape index (κ3) is 3.26. The monoisotopic (exact) mass is 309 g/mol. The van der Waals surface area contributed by atoms with Crippen LogP contribution in [0.15, 0.2) is 60.7 Å². The van der Waals surface area contributed by atoms with E-state index in [9.17, 15) is 9.18 Å². The zero-order valence-electron chi connectivity index (χ0n) is 12.0. The third-order valence-corrected chi connectivity index (χ3v) is 4.40. The molecule has 0 atom stereocenters. The number of halogens is 1. The van der Waals surface area contributed by atoms with Gasteiger partial charge in [0.25, 0.3) is 5.91 Å².